The van der Waals surface area contributed by atoms with Crippen molar-refractivity contribution in [3.63, 3.8) is 0 Å². The SMILES string of the molecule is CCN(CC)c1ccc(C(=O)N/N=C/c2cc(C)n(-c3cc(C)on3)c2C)cc1. The Balaban J connectivity index is 1.69. The number of nitrogens with zero attached hydrogens (tertiary/aromatic N) is 4. The molecule has 7 heteroatoms. The molecule has 0 atom stereocenters. The molecule has 0 spiro atoms. The molecule has 3 aromatic rings. The van der Waals surface area contributed by atoms with Crippen LogP contribution in [0.1, 0.15) is 46.9 Å². The molecule has 2 aromatic heterocycles. The normalized spacial score (nSPS) is 11.2. The van der Waals surface area contributed by atoms with Crippen LogP contribution in [-0.4, -0.2) is 34.9 Å². The first kappa shape index (κ1) is 20.4. The van der Waals surface area contributed by atoms with Crippen LogP contribution in [0.2, 0.25) is 0 Å². The van der Waals surface area contributed by atoms with E-state index in [1.165, 1.54) is 0 Å². The van der Waals surface area contributed by atoms with E-state index in [0.29, 0.717) is 5.56 Å². The zero-order valence-electron chi connectivity index (χ0n) is 17.6. The highest BCUT2D eigenvalue weighted by Crippen LogP contribution is 2.19. The van der Waals surface area contributed by atoms with E-state index in [0.717, 1.165) is 47.3 Å². The monoisotopic (exact) mass is 393 g/mol. The first-order valence-corrected chi connectivity index (χ1v) is 9.75. The average molecular weight is 393 g/mol. The van der Waals surface area contributed by atoms with Crippen LogP contribution in [0.15, 0.2) is 46.0 Å². The summed E-state index contributed by atoms with van der Waals surface area (Å²) in [5.41, 5.74) is 7.15. The van der Waals surface area contributed by atoms with E-state index in [1.807, 2.05) is 61.7 Å². The maximum absolute atomic E-state index is 12.4. The molecule has 1 amide bonds. The fraction of sp³-hybridized carbons (Fsp3) is 0.318. The van der Waals surface area contributed by atoms with E-state index in [4.69, 9.17) is 4.52 Å². The molecule has 0 saturated heterocycles. The van der Waals surface area contributed by atoms with Crippen LogP contribution in [0, 0.1) is 20.8 Å². The number of hydrogen-bond donors (Lipinski definition) is 1. The minimum absolute atomic E-state index is 0.242. The Morgan fingerprint density at radius 1 is 1.17 bits per heavy atom. The van der Waals surface area contributed by atoms with Gasteiger partial charge in [0, 0.05) is 47.4 Å². The van der Waals surface area contributed by atoms with Crippen LogP contribution >= 0.6 is 0 Å². The zero-order chi connectivity index (χ0) is 21.0. The quantitative estimate of drug-likeness (QED) is 0.486. The summed E-state index contributed by atoms with van der Waals surface area (Å²) in [7, 11) is 0. The van der Waals surface area contributed by atoms with E-state index < -0.39 is 0 Å². The van der Waals surface area contributed by atoms with Crippen molar-refractivity contribution in [3.05, 3.63) is 64.7 Å². The van der Waals surface area contributed by atoms with Crippen molar-refractivity contribution >= 4 is 17.8 Å². The maximum Gasteiger partial charge on any atom is 0.271 e. The summed E-state index contributed by atoms with van der Waals surface area (Å²) in [6.07, 6.45) is 1.65. The standard InChI is InChI=1S/C22H27N5O2/c1-6-26(7-2)20-10-8-18(9-11-20)22(28)24-23-14-19-12-15(3)27(17(19)5)21-13-16(4)29-25-21/h8-14H,6-7H2,1-5H3,(H,24,28)/b23-14+. The van der Waals surface area contributed by atoms with Crippen molar-refractivity contribution in [2.45, 2.75) is 34.6 Å². The Morgan fingerprint density at radius 2 is 1.86 bits per heavy atom. The third kappa shape index (κ3) is 4.39. The van der Waals surface area contributed by atoms with Gasteiger partial charge in [0.1, 0.15) is 5.76 Å². The molecule has 1 N–H and O–H groups in total. The van der Waals surface area contributed by atoms with Crippen molar-refractivity contribution in [2.75, 3.05) is 18.0 Å². The summed E-state index contributed by atoms with van der Waals surface area (Å²) in [4.78, 5) is 14.6. The summed E-state index contributed by atoms with van der Waals surface area (Å²) < 4.78 is 7.16. The lowest BCUT2D eigenvalue weighted by Crippen LogP contribution is -2.22. The molecule has 0 aliphatic carbocycles. The lowest BCUT2D eigenvalue weighted by molar-refractivity contribution is 0.0955. The smallest absolute Gasteiger partial charge is 0.271 e. The zero-order valence-corrected chi connectivity index (χ0v) is 17.6. The van der Waals surface area contributed by atoms with Crippen LogP contribution < -0.4 is 10.3 Å². The summed E-state index contributed by atoms with van der Waals surface area (Å²) in [5, 5.41) is 8.20. The largest absolute Gasteiger partial charge is 0.372 e. The Labute approximate surface area is 171 Å². The number of carbonyl (C=O) groups excluding carboxylic acids is 1. The van der Waals surface area contributed by atoms with Gasteiger partial charge in [-0.1, -0.05) is 5.16 Å². The number of benzene rings is 1. The van der Waals surface area contributed by atoms with Crippen LogP contribution in [-0.2, 0) is 0 Å². The molecule has 1 aromatic carbocycles. The molecule has 0 bridgehead atoms. The second-order valence-electron chi connectivity index (χ2n) is 6.88. The van der Waals surface area contributed by atoms with Gasteiger partial charge in [-0.2, -0.15) is 5.10 Å². The summed E-state index contributed by atoms with van der Waals surface area (Å²) in [5.74, 6) is 1.24. The molecule has 0 fully saturated rings. The number of aromatic nitrogens is 2. The predicted molar refractivity (Wildman–Crippen MR) is 115 cm³/mol. The molecular weight excluding hydrogens is 366 g/mol. The van der Waals surface area contributed by atoms with Crippen molar-refractivity contribution in [1.82, 2.24) is 15.1 Å². The van der Waals surface area contributed by atoms with Gasteiger partial charge in [0.05, 0.1) is 6.21 Å². The number of nitrogens with one attached hydrogen (secondary N) is 1. The lowest BCUT2D eigenvalue weighted by atomic mass is 10.2. The van der Waals surface area contributed by atoms with Crippen molar-refractivity contribution in [2.24, 2.45) is 5.10 Å². The van der Waals surface area contributed by atoms with Crippen LogP contribution in [0.4, 0.5) is 5.69 Å². The molecule has 0 radical (unpaired) electrons. The summed E-state index contributed by atoms with van der Waals surface area (Å²) in [6.45, 7) is 11.9. The number of carbonyl (C=O) groups is 1. The Kier molecular flexibility index (Phi) is 6.16. The Morgan fingerprint density at radius 3 is 2.45 bits per heavy atom. The molecule has 3 rings (SSSR count). The van der Waals surface area contributed by atoms with Crippen LogP contribution in [0.25, 0.3) is 5.82 Å². The van der Waals surface area contributed by atoms with Crippen LogP contribution in [0.5, 0.6) is 0 Å². The molecule has 152 valence electrons. The third-order valence-corrected chi connectivity index (χ3v) is 4.94. The highest BCUT2D eigenvalue weighted by Gasteiger charge is 2.13. The van der Waals surface area contributed by atoms with Gasteiger partial charge < -0.3 is 9.42 Å². The van der Waals surface area contributed by atoms with E-state index >= 15 is 0 Å². The number of hydrogen-bond acceptors (Lipinski definition) is 5. The molecule has 0 saturated carbocycles. The number of hydrazone groups is 1. The first-order valence-electron chi connectivity index (χ1n) is 9.75. The van der Waals surface area contributed by atoms with Gasteiger partial charge in [-0.3, -0.25) is 9.36 Å². The fourth-order valence-corrected chi connectivity index (χ4v) is 3.37. The van der Waals surface area contributed by atoms with E-state index in [1.54, 1.807) is 6.21 Å². The number of amides is 1. The first-order chi connectivity index (χ1) is 13.9. The summed E-state index contributed by atoms with van der Waals surface area (Å²) in [6, 6.07) is 11.4. The predicted octanol–water partition coefficient (Wildman–Crippen LogP) is 4.00. The molecule has 0 aliphatic rings. The van der Waals surface area contributed by atoms with Gasteiger partial charge in [-0.15, -0.1) is 0 Å². The average Bonchev–Trinajstić information content (AvgIpc) is 3.25. The Hall–Kier alpha value is -3.35. The minimum atomic E-state index is -0.242. The number of rotatable bonds is 7. The van der Waals surface area contributed by atoms with Gasteiger partial charge in [0.25, 0.3) is 5.91 Å². The van der Waals surface area contributed by atoms with Gasteiger partial charge in [-0.05, 0) is 65.0 Å². The van der Waals surface area contributed by atoms with E-state index in [2.05, 4.69) is 34.4 Å². The minimum Gasteiger partial charge on any atom is -0.372 e. The van der Waals surface area contributed by atoms with Crippen molar-refractivity contribution < 1.29 is 9.32 Å². The topological polar surface area (TPSA) is 75.7 Å². The van der Waals surface area contributed by atoms with Gasteiger partial charge in [0.2, 0.25) is 0 Å². The molecule has 7 nitrogen and oxygen atoms in total. The number of anilines is 1. The van der Waals surface area contributed by atoms with Gasteiger partial charge in [-0.25, -0.2) is 5.43 Å². The molecule has 2 heterocycles. The maximum atomic E-state index is 12.4. The molecule has 0 unspecified atom stereocenters. The second kappa shape index (κ2) is 8.77. The van der Waals surface area contributed by atoms with Gasteiger partial charge in [0.15, 0.2) is 5.82 Å². The van der Waals surface area contributed by atoms with Gasteiger partial charge >= 0.3 is 0 Å². The Bertz CT molecular complexity index is 1010. The van der Waals surface area contributed by atoms with E-state index in [9.17, 15) is 4.79 Å². The number of aryl methyl sites for hydroxylation is 2. The highest BCUT2D eigenvalue weighted by molar-refractivity contribution is 5.95. The van der Waals surface area contributed by atoms with E-state index in [-0.39, 0.29) is 5.91 Å². The lowest BCUT2D eigenvalue weighted by Gasteiger charge is -2.20. The molecule has 29 heavy (non-hydrogen) atoms. The molecular formula is C22H27N5O2. The fourth-order valence-electron chi connectivity index (χ4n) is 3.37. The second-order valence-corrected chi connectivity index (χ2v) is 6.88. The third-order valence-electron chi connectivity index (χ3n) is 4.94. The van der Waals surface area contributed by atoms with Crippen LogP contribution in [0.3, 0.4) is 0 Å². The molecule has 0 aliphatic heterocycles. The van der Waals surface area contributed by atoms with Crippen molar-refractivity contribution in [3.8, 4) is 5.82 Å². The summed E-state index contributed by atoms with van der Waals surface area (Å²) >= 11 is 0. The van der Waals surface area contributed by atoms with Crippen molar-refractivity contribution in [1.29, 1.82) is 0 Å². The highest BCUT2D eigenvalue weighted by atomic mass is 16.5.